The van der Waals surface area contributed by atoms with Gasteiger partial charge in [-0.25, -0.2) is 9.67 Å². The minimum atomic E-state index is 0.368. The lowest BCUT2D eigenvalue weighted by molar-refractivity contribution is 0.488. The van der Waals surface area contributed by atoms with Crippen molar-refractivity contribution in [2.75, 3.05) is 12.4 Å². The van der Waals surface area contributed by atoms with E-state index in [2.05, 4.69) is 29.2 Å². The minimum Gasteiger partial charge on any atom is -0.310 e. The largest absolute Gasteiger partial charge is 0.310 e. The second kappa shape index (κ2) is 6.80. The monoisotopic (exact) mass is 230 g/mol. The number of aromatic nitrogens is 3. The van der Waals surface area contributed by atoms with Gasteiger partial charge < -0.3 is 5.32 Å². The Morgan fingerprint density at radius 1 is 1.47 bits per heavy atom. The van der Waals surface area contributed by atoms with Crippen molar-refractivity contribution in [2.24, 2.45) is 0 Å². The molecule has 0 radical (unpaired) electrons. The first-order valence-electron chi connectivity index (χ1n) is 5.40. The molecule has 1 aromatic rings. The maximum atomic E-state index is 5.59. The molecule has 1 rings (SSSR count). The zero-order valence-corrected chi connectivity index (χ0v) is 10.2. The van der Waals surface area contributed by atoms with Gasteiger partial charge in [0.15, 0.2) is 0 Å². The van der Waals surface area contributed by atoms with Crippen molar-refractivity contribution in [3.63, 3.8) is 0 Å². The number of hydrogen-bond acceptors (Lipinski definition) is 3. The van der Waals surface area contributed by atoms with Crippen LogP contribution in [0.5, 0.6) is 0 Å². The van der Waals surface area contributed by atoms with E-state index in [-0.39, 0.29) is 0 Å². The lowest BCUT2D eigenvalue weighted by Gasteiger charge is -2.09. The Bertz CT molecular complexity index is 272. The van der Waals surface area contributed by atoms with Crippen LogP contribution >= 0.6 is 11.6 Å². The molecule has 0 atom stereocenters. The summed E-state index contributed by atoms with van der Waals surface area (Å²) in [5, 5.41) is 7.51. The number of rotatable bonds is 7. The molecule has 1 N–H and O–H groups in total. The smallest absolute Gasteiger partial charge is 0.141 e. The molecule has 0 amide bonds. The quantitative estimate of drug-likeness (QED) is 0.575. The van der Waals surface area contributed by atoms with E-state index in [1.165, 1.54) is 0 Å². The number of unbranched alkanes of at least 4 members (excludes halogenated alkanes) is 1. The second-order valence-electron chi connectivity index (χ2n) is 3.79. The van der Waals surface area contributed by atoms with Crippen LogP contribution in [0.15, 0.2) is 6.33 Å². The van der Waals surface area contributed by atoms with Gasteiger partial charge in [0.2, 0.25) is 0 Å². The summed E-state index contributed by atoms with van der Waals surface area (Å²) in [6, 6.07) is 0.368. The van der Waals surface area contributed by atoms with Crippen LogP contribution in [0.4, 0.5) is 0 Å². The predicted molar refractivity (Wildman–Crippen MR) is 62.1 cm³/mol. The highest BCUT2D eigenvalue weighted by Gasteiger charge is 2.05. The summed E-state index contributed by atoms with van der Waals surface area (Å²) >= 11 is 5.59. The van der Waals surface area contributed by atoms with E-state index in [4.69, 9.17) is 11.6 Å². The zero-order chi connectivity index (χ0) is 11.1. The van der Waals surface area contributed by atoms with E-state index >= 15 is 0 Å². The SMILES string of the molecule is CC(C)n1ncnc1CNCCCCCl. The molecule has 1 aromatic heterocycles. The third kappa shape index (κ3) is 4.18. The number of nitrogens with zero attached hydrogens (tertiary/aromatic N) is 3. The summed E-state index contributed by atoms with van der Waals surface area (Å²) in [6.07, 6.45) is 3.78. The van der Waals surface area contributed by atoms with Gasteiger partial charge in [0.25, 0.3) is 0 Å². The molecule has 0 aromatic carbocycles. The van der Waals surface area contributed by atoms with Crippen molar-refractivity contribution >= 4 is 11.6 Å². The average molecular weight is 231 g/mol. The van der Waals surface area contributed by atoms with Crippen LogP contribution in [-0.2, 0) is 6.54 Å². The molecule has 0 fully saturated rings. The Morgan fingerprint density at radius 3 is 2.93 bits per heavy atom. The van der Waals surface area contributed by atoms with Crippen LogP contribution in [0.1, 0.15) is 38.6 Å². The molecular formula is C10H19ClN4. The fourth-order valence-electron chi connectivity index (χ4n) is 1.38. The fourth-order valence-corrected chi connectivity index (χ4v) is 1.57. The maximum Gasteiger partial charge on any atom is 0.141 e. The van der Waals surface area contributed by atoms with Gasteiger partial charge in [0.1, 0.15) is 12.2 Å². The highest BCUT2D eigenvalue weighted by molar-refractivity contribution is 6.17. The van der Waals surface area contributed by atoms with Crippen molar-refractivity contribution in [2.45, 2.75) is 39.3 Å². The molecule has 1 heterocycles. The molecule has 86 valence electrons. The van der Waals surface area contributed by atoms with Gasteiger partial charge >= 0.3 is 0 Å². The zero-order valence-electron chi connectivity index (χ0n) is 9.41. The molecule has 0 aliphatic heterocycles. The summed E-state index contributed by atoms with van der Waals surface area (Å²) in [4.78, 5) is 4.22. The van der Waals surface area contributed by atoms with Gasteiger partial charge in [-0.15, -0.1) is 11.6 Å². The van der Waals surface area contributed by atoms with Crippen molar-refractivity contribution in [3.8, 4) is 0 Å². The van der Waals surface area contributed by atoms with Crippen LogP contribution < -0.4 is 5.32 Å². The molecule has 0 saturated carbocycles. The number of halogens is 1. The van der Waals surface area contributed by atoms with Gasteiger partial charge in [-0.05, 0) is 33.2 Å². The summed E-state index contributed by atoms with van der Waals surface area (Å²) in [6.45, 7) is 5.97. The van der Waals surface area contributed by atoms with E-state index < -0.39 is 0 Å². The second-order valence-corrected chi connectivity index (χ2v) is 4.17. The van der Waals surface area contributed by atoms with Crippen molar-refractivity contribution in [1.82, 2.24) is 20.1 Å². The number of alkyl halides is 1. The van der Waals surface area contributed by atoms with Crippen LogP contribution in [0, 0.1) is 0 Å². The van der Waals surface area contributed by atoms with Crippen LogP contribution in [0.3, 0.4) is 0 Å². The summed E-state index contributed by atoms with van der Waals surface area (Å²) in [5.74, 6) is 1.74. The molecule has 0 bridgehead atoms. The maximum absolute atomic E-state index is 5.59. The third-order valence-electron chi connectivity index (χ3n) is 2.16. The van der Waals surface area contributed by atoms with Crippen molar-refractivity contribution in [3.05, 3.63) is 12.2 Å². The van der Waals surface area contributed by atoms with Gasteiger partial charge in [0, 0.05) is 11.9 Å². The third-order valence-corrected chi connectivity index (χ3v) is 2.42. The number of hydrogen-bond donors (Lipinski definition) is 1. The van der Waals surface area contributed by atoms with Gasteiger partial charge in [-0.3, -0.25) is 0 Å². The standard InChI is InChI=1S/C10H19ClN4/c1-9(2)15-10(13-8-14-15)7-12-6-4-3-5-11/h8-9,12H,3-7H2,1-2H3. The minimum absolute atomic E-state index is 0.368. The van der Waals surface area contributed by atoms with E-state index in [0.717, 1.165) is 37.6 Å². The molecule has 15 heavy (non-hydrogen) atoms. The van der Waals surface area contributed by atoms with E-state index in [9.17, 15) is 0 Å². The molecule has 0 unspecified atom stereocenters. The Morgan fingerprint density at radius 2 is 2.27 bits per heavy atom. The Kier molecular flexibility index (Phi) is 5.65. The first kappa shape index (κ1) is 12.5. The summed E-state index contributed by atoms with van der Waals surface area (Å²) in [5.41, 5.74) is 0. The fraction of sp³-hybridized carbons (Fsp3) is 0.800. The van der Waals surface area contributed by atoms with Crippen molar-refractivity contribution in [1.29, 1.82) is 0 Å². The lowest BCUT2D eigenvalue weighted by Crippen LogP contribution is -2.19. The molecule has 4 nitrogen and oxygen atoms in total. The van der Waals surface area contributed by atoms with Crippen LogP contribution in [0.25, 0.3) is 0 Å². The van der Waals surface area contributed by atoms with E-state index in [1.807, 2.05) is 4.68 Å². The van der Waals surface area contributed by atoms with Gasteiger partial charge in [0.05, 0.1) is 6.54 Å². The lowest BCUT2D eigenvalue weighted by atomic mass is 10.3. The Hall–Kier alpha value is -0.610. The van der Waals surface area contributed by atoms with E-state index in [0.29, 0.717) is 6.04 Å². The molecule has 0 saturated heterocycles. The number of nitrogens with one attached hydrogen (secondary N) is 1. The van der Waals surface area contributed by atoms with E-state index in [1.54, 1.807) is 6.33 Å². The topological polar surface area (TPSA) is 42.7 Å². The predicted octanol–water partition coefficient (Wildman–Crippen LogP) is 1.97. The Labute approximate surface area is 96.0 Å². The molecule has 0 spiro atoms. The summed E-state index contributed by atoms with van der Waals surface area (Å²) in [7, 11) is 0. The highest BCUT2D eigenvalue weighted by atomic mass is 35.5. The van der Waals surface area contributed by atoms with Gasteiger partial charge in [-0.2, -0.15) is 5.10 Å². The van der Waals surface area contributed by atoms with Crippen LogP contribution in [0.2, 0.25) is 0 Å². The van der Waals surface area contributed by atoms with Gasteiger partial charge in [-0.1, -0.05) is 0 Å². The van der Waals surface area contributed by atoms with Crippen molar-refractivity contribution < 1.29 is 0 Å². The average Bonchev–Trinajstić information content (AvgIpc) is 2.66. The Balaban J connectivity index is 2.28. The molecule has 0 aliphatic carbocycles. The molecule has 0 aliphatic rings. The normalized spacial score (nSPS) is 11.2. The molecular weight excluding hydrogens is 212 g/mol. The highest BCUT2D eigenvalue weighted by Crippen LogP contribution is 2.04. The first-order valence-corrected chi connectivity index (χ1v) is 5.94. The first-order chi connectivity index (χ1) is 7.25. The summed E-state index contributed by atoms with van der Waals surface area (Å²) < 4.78 is 1.94. The van der Waals surface area contributed by atoms with Crippen LogP contribution in [-0.4, -0.2) is 27.2 Å². The molecule has 5 heteroatoms.